The molecule has 0 fully saturated rings. The molecule has 1 spiro atoms. The molecule has 0 radical (unpaired) electrons. The van der Waals surface area contributed by atoms with E-state index in [2.05, 4.69) is 37.3 Å². The molecule has 0 amide bonds. The van der Waals surface area contributed by atoms with E-state index in [0.717, 1.165) is 31.0 Å². The summed E-state index contributed by atoms with van der Waals surface area (Å²) < 4.78 is 6.04. The number of non-ortho nitro benzene ring substituents is 2. The number of carbonyl (C=O) groups excluding carboxylic acids is 1. The highest BCUT2D eigenvalue weighted by molar-refractivity contribution is 5.91. The maximum atomic E-state index is 13.1. The minimum absolute atomic E-state index is 0.144. The van der Waals surface area contributed by atoms with Crippen molar-refractivity contribution in [2.24, 2.45) is 16.7 Å². The van der Waals surface area contributed by atoms with Crippen LogP contribution in [0.2, 0.25) is 0 Å². The highest BCUT2D eigenvalue weighted by Crippen LogP contribution is 2.59. The number of hydrogen-bond acceptors (Lipinski definition) is 6. The van der Waals surface area contributed by atoms with Crippen LogP contribution in [0.3, 0.4) is 0 Å². The zero-order chi connectivity index (χ0) is 21.7. The quantitative estimate of drug-likeness (QED) is 0.302. The van der Waals surface area contributed by atoms with Crippen molar-refractivity contribution in [3.63, 3.8) is 0 Å². The van der Waals surface area contributed by atoms with Crippen LogP contribution in [-0.4, -0.2) is 21.9 Å². The van der Waals surface area contributed by atoms with Crippen molar-refractivity contribution in [3.8, 4) is 0 Å². The average molecular weight is 410 g/mol. The normalized spacial score (nSPS) is 31.5. The Bertz CT molecular complexity index is 1010. The third-order valence-corrected chi connectivity index (χ3v) is 6.71. The highest BCUT2D eigenvalue weighted by atomic mass is 16.6. The van der Waals surface area contributed by atoms with E-state index in [0.29, 0.717) is 6.42 Å². The predicted molar refractivity (Wildman–Crippen MR) is 109 cm³/mol. The van der Waals surface area contributed by atoms with Crippen LogP contribution in [0.5, 0.6) is 0 Å². The number of carbonyl (C=O) groups is 1. The molecule has 0 saturated carbocycles. The molecule has 2 bridgehead atoms. The molecule has 0 aliphatic heterocycles. The maximum absolute atomic E-state index is 13.1. The molecule has 0 heterocycles. The van der Waals surface area contributed by atoms with Gasteiger partial charge in [0.2, 0.25) is 0 Å². The second kappa shape index (κ2) is 6.90. The van der Waals surface area contributed by atoms with Crippen LogP contribution in [0.4, 0.5) is 11.4 Å². The van der Waals surface area contributed by atoms with Crippen molar-refractivity contribution in [1.82, 2.24) is 0 Å². The van der Waals surface area contributed by atoms with Gasteiger partial charge in [-0.1, -0.05) is 42.9 Å². The summed E-state index contributed by atoms with van der Waals surface area (Å²) in [4.78, 5) is 34.0. The number of nitro benzene ring substituents is 2. The first kappa shape index (κ1) is 20.0. The number of esters is 1. The molecular weight excluding hydrogens is 388 g/mol. The minimum Gasteiger partial charge on any atom is -0.457 e. The second-order valence-electron chi connectivity index (χ2n) is 8.65. The lowest BCUT2D eigenvalue weighted by Crippen LogP contribution is -2.52. The van der Waals surface area contributed by atoms with Gasteiger partial charge in [0, 0.05) is 28.9 Å². The SMILES string of the molecule is CC1=CC[C@]23CC=CC[C@](C)(C=C[C@@H]12)[C@H]3OC(=O)c1cc([N+](=O)[O-])cc([N+](=O)[O-])c1. The zero-order valence-electron chi connectivity index (χ0n) is 16.7. The van der Waals surface area contributed by atoms with Crippen LogP contribution in [0.1, 0.15) is 43.5 Å². The highest BCUT2D eigenvalue weighted by Gasteiger charge is 2.57. The van der Waals surface area contributed by atoms with Gasteiger partial charge in [0.15, 0.2) is 0 Å². The Morgan fingerprint density at radius 2 is 1.70 bits per heavy atom. The monoisotopic (exact) mass is 410 g/mol. The van der Waals surface area contributed by atoms with Crippen molar-refractivity contribution in [3.05, 3.63) is 79.9 Å². The molecule has 1 aromatic carbocycles. The van der Waals surface area contributed by atoms with Gasteiger partial charge >= 0.3 is 5.97 Å². The molecule has 0 N–H and O–H groups in total. The number of benzene rings is 1. The molecule has 30 heavy (non-hydrogen) atoms. The fraction of sp³-hybridized carbons (Fsp3) is 0.409. The van der Waals surface area contributed by atoms with Gasteiger partial charge in [0.25, 0.3) is 11.4 Å². The average Bonchev–Trinajstić information content (AvgIpc) is 3.00. The van der Waals surface area contributed by atoms with Gasteiger partial charge in [0.05, 0.1) is 21.5 Å². The lowest BCUT2D eigenvalue weighted by atomic mass is 9.58. The van der Waals surface area contributed by atoms with Crippen LogP contribution >= 0.6 is 0 Å². The topological polar surface area (TPSA) is 113 Å². The molecule has 8 heteroatoms. The third kappa shape index (κ3) is 3.03. The first-order valence-corrected chi connectivity index (χ1v) is 9.82. The number of nitro groups is 2. The van der Waals surface area contributed by atoms with E-state index >= 15 is 0 Å². The molecule has 4 atom stereocenters. The number of rotatable bonds is 4. The Morgan fingerprint density at radius 1 is 1.07 bits per heavy atom. The number of allylic oxidation sites excluding steroid dienone is 5. The van der Waals surface area contributed by atoms with E-state index < -0.39 is 38.7 Å². The molecule has 0 saturated heterocycles. The molecule has 156 valence electrons. The molecular formula is C22H22N2O6. The maximum Gasteiger partial charge on any atom is 0.338 e. The Kier molecular flexibility index (Phi) is 4.60. The third-order valence-electron chi connectivity index (χ3n) is 6.71. The predicted octanol–water partition coefficient (Wildman–Crippen LogP) is 4.91. The van der Waals surface area contributed by atoms with Crippen molar-refractivity contribution in [2.45, 2.75) is 39.2 Å². The van der Waals surface area contributed by atoms with Gasteiger partial charge in [-0.05, 0) is 26.2 Å². The van der Waals surface area contributed by atoms with Crippen molar-refractivity contribution in [1.29, 1.82) is 0 Å². The van der Waals surface area contributed by atoms with Crippen LogP contribution in [0.25, 0.3) is 0 Å². The number of ether oxygens (including phenoxy) is 1. The largest absolute Gasteiger partial charge is 0.457 e. The van der Waals surface area contributed by atoms with Crippen LogP contribution in [-0.2, 0) is 4.74 Å². The molecule has 3 aliphatic rings. The summed E-state index contributed by atoms with van der Waals surface area (Å²) in [6.07, 6.45) is 12.5. The van der Waals surface area contributed by atoms with Gasteiger partial charge in [-0.15, -0.1) is 0 Å². The molecule has 3 aliphatic carbocycles. The van der Waals surface area contributed by atoms with Crippen LogP contribution < -0.4 is 0 Å². The van der Waals surface area contributed by atoms with Gasteiger partial charge in [-0.2, -0.15) is 0 Å². The molecule has 0 unspecified atom stereocenters. The van der Waals surface area contributed by atoms with E-state index in [-0.39, 0.29) is 16.9 Å². The second-order valence-corrected chi connectivity index (χ2v) is 8.65. The first-order chi connectivity index (χ1) is 14.2. The molecule has 4 rings (SSSR count). The Morgan fingerprint density at radius 3 is 2.33 bits per heavy atom. The summed E-state index contributed by atoms with van der Waals surface area (Å²) in [5, 5.41) is 22.4. The standard InChI is InChI=1S/C22H22N2O6/c1-14-5-10-22-8-4-3-7-21(2,9-6-18(14)22)20(22)30-19(25)15-11-16(23(26)27)13-17(12-15)24(28)29/h3-6,9,11-13,18,20H,7-8,10H2,1-2H3/t18-,20+,21+,22+/m0/s1. The number of fused-ring (bicyclic) bond motifs is 1. The fourth-order valence-electron chi connectivity index (χ4n) is 5.22. The summed E-state index contributed by atoms with van der Waals surface area (Å²) in [6.45, 7) is 4.11. The van der Waals surface area contributed by atoms with E-state index in [1.807, 2.05) is 6.92 Å². The van der Waals surface area contributed by atoms with E-state index in [9.17, 15) is 25.0 Å². The van der Waals surface area contributed by atoms with Crippen LogP contribution in [0, 0.1) is 37.0 Å². The minimum atomic E-state index is -0.780. The summed E-state index contributed by atoms with van der Waals surface area (Å²) in [5.74, 6) is -0.636. The summed E-state index contributed by atoms with van der Waals surface area (Å²) in [5.41, 5.74) is -0.725. The van der Waals surface area contributed by atoms with Crippen molar-refractivity contribution in [2.75, 3.05) is 0 Å². The molecule has 8 nitrogen and oxygen atoms in total. The Balaban J connectivity index is 1.73. The fourth-order valence-corrected chi connectivity index (χ4v) is 5.22. The number of hydrogen-bond donors (Lipinski definition) is 0. The van der Waals surface area contributed by atoms with Gasteiger partial charge < -0.3 is 4.74 Å². The smallest absolute Gasteiger partial charge is 0.338 e. The van der Waals surface area contributed by atoms with E-state index in [1.54, 1.807) is 0 Å². The zero-order valence-corrected chi connectivity index (χ0v) is 16.7. The van der Waals surface area contributed by atoms with E-state index in [1.165, 1.54) is 5.57 Å². The van der Waals surface area contributed by atoms with Gasteiger partial charge in [0.1, 0.15) is 6.10 Å². The summed E-state index contributed by atoms with van der Waals surface area (Å²) >= 11 is 0. The lowest BCUT2D eigenvalue weighted by molar-refractivity contribution is -0.394. The van der Waals surface area contributed by atoms with E-state index in [4.69, 9.17) is 4.74 Å². The van der Waals surface area contributed by atoms with Crippen molar-refractivity contribution < 1.29 is 19.4 Å². The molecule has 0 aromatic heterocycles. The van der Waals surface area contributed by atoms with Crippen molar-refractivity contribution >= 4 is 17.3 Å². The van der Waals surface area contributed by atoms with Gasteiger partial charge in [-0.25, -0.2) is 4.79 Å². The lowest BCUT2D eigenvalue weighted by Gasteiger charge is -2.50. The Hall–Kier alpha value is -3.29. The summed E-state index contributed by atoms with van der Waals surface area (Å²) in [7, 11) is 0. The molecule has 1 aromatic rings. The number of nitrogens with zero attached hydrogens (tertiary/aromatic N) is 2. The summed E-state index contributed by atoms with van der Waals surface area (Å²) in [6, 6.07) is 2.90. The Labute approximate surface area is 173 Å². The van der Waals surface area contributed by atoms with Crippen LogP contribution in [0.15, 0.2) is 54.2 Å². The van der Waals surface area contributed by atoms with Gasteiger partial charge in [-0.3, -0.25) is 20.2 Å². The first-order valence-electron chi connectivity index (χ1n) is 9.82.